The zero-order chi connectivity index (χ0) is 41.6. The van der Waals surface area contributed by atoms with Crippen molar-refractivity contribution in [2.24, 2.45) is 0 Å². The van der Waals surface area contributed by atoms with Gasteiger partial charge in [-0.25, -0.2) is 4.39 Å². The third-order valence-electron chi connectivity index (χ3n) is 11.0. The molecule has 0 spiro atoms. The lowest BCUT2D eigenvalue weighted by molar-refractivity contribution is -0.230. The Morgan fingerprint density at radius 2 is 1.14 bits per heavy atom. The molecule has 1 unspecified atom stereocenters. The molecule has 58 heavy (non-hydrogen) atoms. The van der Waals surface area contributed by atoms with Gasteiger partial charge in [0.2, 0.25) is 0 Å². The average Bonchev–Trinajstić information content (AvgIpc) is 3.23. The Bertz CT molecular complexity index is 1070. The van der Waals surface area contributed by atoms with Crippen molar-refractivity contribution in [2.45, 2.75) is 219 Å². The Balaban J connectivity index is 1.55. The van der Waals surface area contributed by atoms with Crippen LogP contribution < -0.4 is 4.74 Å². The summed E-state index contributed by atoms with van der Waals surface area (Å²) in [5, 5.41) is 0. The summed E-state index contributed by atoms with van der Waals surface area (Å²) < 4.78 is 55.0. The van der Waals surface area contributed by atoms with E-state index in [1.165, 1.54) is 147 Å². The molecule has 1 fully saturated rings. The molecule has 1 aromatic carbocycles. The number of ether oxygens (including phenoxy) is 7. The van der Waals surface area contributed by atoms with Crippen LogP contribution in [-0.4, -0.2) is 71.0 Å². The van der Waals surface area contributed by atoms with Crippen LogP contribution in [0.15, 0.2) is 18.2 Å². The third kappa shape index (κ3) is 28.6. The van der Waals surface area contributed by atoms with Crippen LogP contribution >= 0.6 is 0 Å². The molecular formula is C49H87FO8. The van der Waals surface area contributed by atoms with Crippen molar-refractivity contribution >= 4 is 5.97 Å². The molecule has 0 radical (unpaired) electrons. The monoisotopic (exact) mass is 823 g/mol. The highest BCUT2D eigenvalue weighted by Crippen LogP contribution is 2.28. The molecule has 338 valence electrons. The summed E-state index contributed by atoms with van der Waals surface area (Å²) in [5.41, 5.74) is 0.617. The van der Waals surface area contributed by atoms with Crippen LogP contribution in [-0.2, 0) is 33.2 Å². The number of unbranched alkanes of at least 4 members (excludes halogenated alkanes) is 24. The molecule has 1 atom stereocenters. The smallest absolute Gasteiger partial charge is 0.305 e. The van der Waals surface area contributed by atoms with Crippen LogP contribution in [0, 0.1) is 5.82 Å². The Kier molecular flexibility index (Phi) is 34.5. The van der Waals surface area contributed by atoms with E-state index in [4.69, 9.17) is 33.2 Å². The lowest BCUT2D eigenvalue weighted by atomic mass is 10.1. The van der Waals surface area contributed by atoms with Gasteiger partial charge >= 0.3 is 5.97 Å². The van der Waals surface area contributed by atoms with E-state index in [1.807, 2.05) is 6.92 Å². The van der Waals surface area contributed by atoms with Gasteiger partial charge in [0.15, 0.2) is 17.9 Å². The quantitative estimate of drug-likeness (QED) is 0.0477. The molecule has 1 aromatic rings. The van der Waals surface area contributed by atoms with Gasteiger partial charge in [0.25, 0.3) is 0 Å². The Morgan fingerprint density at radius 3 is 1.67 bits per heavy atom. The van der Waals surface area contributed by atoms with Gasteiger partial charge in [0.05, 0.1) is 26.4 Å². The summed E-state index contributed by atoms with van der Waals surface area (Å²) >= 11 is 0. The highest BCUT2D eigenvalue weighted by atomic mass is 19.1. The minimum Gasteiger partial charge on any atom is -0.491 e. The number of hydrogen-bond donors (Lipinski definition) is 0. The van der Waals surface area contributed by atoms with E-state index in [9.17, 15) is 9.18 Å². The van der Waals surface area contributed by atoms with Crippen molar-refractivity contribution in [3.63, 3.8) is 0 Å². The largest absolute Gasteiger partial charge is 0.491 e. The molecule has 1 saturated heterocycles. The predicted molar refractivity (Wildman–Crippen MR) is 234 cm³/mol. The number of benzene rings is 1. The third-order valence-corrected chi connectivity index (χ3v) is 11.0. The van der Waals surface area contributed by atoms with Crippen molar-refractivity contribution in [3.05, 3.63) is 29.6 Å². The fraction of sp³-hybridized carbons (Fsp3) is 0.857. The first-order valence-corrected chi connectivity index (χ1v) is 24.2. The Morgan fingerprint density at radius 1 is 0.638 bits per heavy atom. The molecule has 0 saturated carbocycles. The molecule has 0 N–H and O–H groups in total. The normalized spacial score (nSPS) is 16.1. The first-order chi connectivity index (χ1) is 28.6. The highest BCUT2D eigenvalue weighted by molar-refractivity contribution is 5.69. The standard InChI is InChI=1S/C49H87FO8/c1-4-7-9-11-13-15-17-19-21-23-25-29-35-52-39-44(54-36-30-26-24-22-20-18-16-14-12-10-8-5-2)40-56-48(51)32-28-27-31-37-55-45-41-57-49(58-42-45)43-33-34-47(53-6-3)46(50)38-43/h33-34,38,44-45,49H,4-32,35-37,39-42H2,1-3H3. The van der Waals surface area contributed by atoms with Crippen LogP contribution in [0.3, 0.4) is 0 Å². The maximum Gasteiger partial charge on any atom is 0.305 e. The zero-order valence-corrected chi connectivity index (χ0v) is 37.6. The van der Waals surface area contributed by atoms with E-state index in [0.717, 1.165) is 38.7 Å². The second-order valence-corrected chi connectivity index (χ2v) is 16.5. The number of carbonyl (C=O) groups is 1. The maximum atomic E-state index is 14.3. The van der Waals surface area contributed by atoms with Gasteiger partial charge < -0.3 is 33.2 Å². The van der Waals surface area contributed by atoms with E-state index < -0.39 is 12.1 Å². The van der Waals surface area contributed by atoms with Crippen LogP contribution in [0.5, 0.6) is 5.75 Å². The fourth-order valence-electron chi connectivity index (χ4n) is 7.36. The van der Waals surface area contributed by atoms with Gasteiger partial charge in [-0.1, -0.05) is 168 Å². The van der Waals surface area contributed by atoms with Crippen LogP contribution in [0.2, 0.25) is 0 Å². The van der Waals surface area contributed by atoms with Crippen molar-refractivity contribution < 1.29 is 42.3 Å². The first kappa shape index (κ1) is 52.4. The molecule has 1 aliphatic heterocycles. The van der Waals surface area contributed by atoms with E-state index in [-0.39, 0.29) is 30.5 Å². The van der Waals surface area contributed by atoms with E-state index in [2.05, 4.69) is 13.8 Å². The second-order valence-electron chi connectivity index (χ2n) is 16.5. The summed E-state index contributed by atoms with van der Waals surface area (Å²) in [6.07, 6.45) is 33.4. The maximum absolute atomic E-state index is 14.3. The minimum atomic E-state index is -0.624. The van der Waals surface area contributed by atoms with Crippen molar-refractivity contribution in [3.8, 4) is 5.75 Å². The van der Waals surface area contributed by atoms with Gasteiger partial charge in [-0.15, -0.1) is 0 Å². The zero-order valence-electron chi connectivity index (χ0n) is 37.6. The summed E-state index contributed by atoms with van der Waals surface area (Å²) in [5.74, 6) is -0.395. The summed E-state index contributed by atoms with van der Waals surface area (Å²) in [6.45, 7) is 10.2. The number of carbonyl (C=O) groups excluding carboxylic acids is 1. The molecule has 2 rings (SSSR count). The summed E-state index contributed by atoms with van der Waals surface area (Å²) in [7, 11) is 0. The van der Waals surface area contributed by atoms with Crippen molar-refractivity contribution in [2.75, 3.05) is 52.9 Å². The van der Waals surface area contributed by atoms with E-state index >= 15 is 0 Å². The molecule has 1 heterocycles. The number of hydrogen-bond acceptors (Lipinski definition) is 8. The first-order valence-electron chi connectivity index (χ1n) is 24.2. The molecule has 0 aliphatic carbocycles. The van der Waals surface area contributed by atoms with Gasteiger partial charge in [-0.05, 0) is 44.7 Å². The molecule has 0 bridgehead atoms. The van der Waals surface area contributed by atoms with Crippen LogP contribution in [0.4, 0.5) is 4.39 Å². The number of rotatable bonds is 41. The second kappa shape index (κ2) is 38.2. The Hall–Kier alpha value is -1.78. The van der Waals surface area contributed by atoms with Crippen molar-refractivity contribution in [1.82, 2.24) is 0 Å². The average molecular weight is 823 g/mol. The van der Waals surface area contributed by atoms with Gasteiger partial charge in [0, 0.05) is 31.8 Å². The molecule has 1 aliphatic rings. The minimum absolute atomic E-state index is 0.178. The lowest BCUT2D eigenvalue weighted by Gasteiger charge is -2.29. The van der Waals surface area contributed by atoms with Gasteiger partial charge in [0.1, 0.15) is 18.8 Å². The topological polar surface area (TPSA) is 81.7 Å². The molecule has 9 heteroatoms. The van der Waals surface area contributed by atoms with E-state index in [0.29, 0.717) is 51.6 Å². The highest BCUT2D eigenvalue weighted by Gasteiger charge is 2.25. The fourth-order valence-corrected chi connectivity index (χ4v) is 7.36. The lowest BCUT2D eigenvalue weighted by Crippen LogP contribution is -2.33. The summed E-state index contributed by atoms with van der Waals surface area (Å²) in [4.78, 5) is 12.6. The van der Waals surface area contributed by atoms with E-state index in [1.54, 1.807) is 12.1 Å². The number of halogens is 1. The van der Waals surface area contributed by atoms with Gasteiger partial charge in [-0.3, -0.25) is 4.79 Å². The molecule has 0 aromatic heterocycles. The molecular weight excluding hydrogens is 736 g/mol. The summed E-state index contributed by atoms with van der Waals surface area (Å²) in [6, 6.07) is 4.75. The van der Waals surface area contributed by atoms with Crippen LogP contribution in [0.1, 0.15) is 212 Å². The Labute approximate surface area is 354 Å². The SMILES string of the molecule is CCCCCCCCCCCCCCOCC(COC(=O)CCCCCOC1COC(c2ccc(OCC)c(F)c2)OC1)OCCCCCCCCCCCCCC. The predicted octanol–water partition coefficient (Wildman–Crippen LogP) is 13.6. The molecule has 8 nitrogen and oxygen atoms in total. The van der Waals surface area contributed by atoms with Crippen molar-refractivity contribution in [1.29, 1.82) is 0 Å². The van der Waals surface area contributed by atoms with Gasteiger partial charge in [-0.2, -0.15) is 0 Å². The van der Waals surface area contributed by atoms with Crippen LogP contribution in [0.25, 0.3) is 0 Å². The number of esters is 1. The molecule has 0 amide bonds.